The van der Waals surface area contributed by atoms with Gasteiger partial charge >= 0.3 is 0 Å². The highest BCUT2D eigenvalue weighted by molar-refractivity contribution is 4.86. The van der Waals surface area contributed by atoms with Gasteiger partial charge in [0.15, 0.2) is 0 Å². The normalized spacial score (nSPS) is 23.4. The first-order chi connectivity index (χ1) is 9.26. The van der Waals surface area contributed by atoms with E-state index in [1.165, 1.54) is 0 Å². The molecule has 0 amide bonds. The quantitative estimate of drug-likeness (QED) is 0.564. The van der Waals surface area contributed by atoms with Gasteiger partial charge < -0.3 is 19.3 Å². The van der Waals surface area contributed by atoms with Crippen LogP contribution < -0.4 is 0 Å². The number of hydrogen-bond acceptors (Lipinski definition) is 5. The number of nitrogens with zero attached hydrogens (tertiary/aromatic N) is 1. The Bertz CT molecular complexity index is 209. The lowest BCUT2D eigenvalue weighted by Crippen LogP contribution is -2.43. The van der Waals surface area contributed by atoms with Crippen molar-refractivity contribution in [3.05, 3.63) is 0 Å². The molecule has 19 heavy (non-hydrogen) atoms. The van der Waals surface area contributed by atoms with Crippen molar-refractivity contribution < 1.29 is 19.3 Å². The van der Waals surface area contributed by atoms with Crippen molar-refractivity contribution in [1.29, 1.82) is 0 Å². The third-order valence-electron chi connectivity index (χ3n) is 3.59. The van der Waals surface area contributed by atoms with E-state index < -0.39 is 0 Å². The van der Waals surface area contributed by atoms with Crippen molar-refractivity contribution in [3.8, 4) is 0 Å². The molecule has 0 aliphatic carbocycles. The van der Waals surface area contributed by atoms with Crippen LogP contribution in [0.2, 0.25) is 0 Å². The van der Waals surface area contributed by atoms with Crippen LogP contribution in [0.3, 0.4) is 0 Å². The lowest BCUT2D eigenvalue weighted by Gasteiger charge is -2.32. The lowest BCUT2D eigenvalue weighted by atomic mass is 9.87. The summed E-state index contributed by atoms with van der Waals surface area (Å²) in [5, 5.41) is 9.64. The van der Waals surface area contributed by atoms with E-state index in [1.54, 1.807) is 0 Å². The van der Waals surface area contributed by atoms with Crippen molar-refractivity contribution in [2.75, 3.05) is 65.9 Å². The minimum Gasteiger partial charge on any atom is -0.396 e. The van der Waals surface area contributed by atoms with Crippen molar-refractivity contribution in [2.24, 2.45) is 5.41 Å². The van der Waals surface area contributed by atoms with Gasteiger partial charge in [0.25, 0.3) is 0 Å². The Balaban J connectivity index is 2.41. The topological polar surface area (TPSA) is 51.2 Å². The third kappa shape index (κ3) is 6.19. The fraction of sp³-hybridized carbons (Fsp3) is 1.00. The first kappa shape index (κ1) is 16.9. The lowest BCUT2D eigenvalue weighted by molar-refractivity contribution is 0.0282. The summed E-state index contributed by atoms with van der Waals surface area (Å²) in [6.45, 7) is 11.2. The van der Waals surface area contributed by atoms with Gasteiger partial charge in [-0.15, -0.1) is 0 Å². The maximum absolute atomic E-state index is 9.64. The molecule has 0 aromatic heterocycles. The second kappa shape index (κ2) is 9.66. The third-order valence-corrected chi connectivity index (χ3v) is 3.59. The van der Waals surface area contributed by atoms with E-state index in [1.807, 2.05) is 13.8 Å². The molecule has 1 atom stereocenters. The molecule has 1 aliphatic rings. The smallest absolute Gasteiger partial charge is 0.0593 e. The molecular formula is C14H29NO4. The molecule has 0 saturated carbocycles. The maximum Gasteiger partial charge on any atom is 0.0593 e. The highest BCUT2D eigenvalue weighted by atomic mass is 16.5. The van der Waals surface area contributed by atoms with Crippen molar-refractivity contribution in [2.45, 2.75) is 20.3 Å². The number of ether oxygens (including phenoxy) is 3. The van der Waals surface area contributed by atoms with Crippen LogP contribution in [0.25, 0.3) is 0 Å². The molecule has 0 spiro atoms. The second-order valence-electron chi connectivity index (χ2n) is 5.13. The highest BCUT2D eigenvalue weighted by Crippen LogP contribution is 2.29. The van der Waals surface area contributed by atoms with E-state index in [9.17, 15) is 5.11 Å². The van der Waals surface area contributed by atoms with E-state index in [4.69, 9.17) is 14.2 Å². The molecule has 0 radical (unpaired) electrons. The molecule has 0 bridgehead atoms. The molecule has 1 rings (SSSR count). The SMILES string of the molecule is CCOCCN(CCOCC)CC1(CO)CCOC1. The summed E-state index contributed by atoms with van der Waals surface area (Å²) >= 11 is 0. The Morgan fingerprint density at radius 1 is 1.16 bits per heavy atom. The summed E-state index contributed by atoms with van der Waals surface area (Å²) in [5.74, 6) is 0. The minimum atomic E-state index is -0.0988. The van der Waals surface area contributed by atoms with Gasteiger partial charge in [-0.3, -0.25) is 4.90 Å². The van der Waals surface area contributed by atoms with Gasteiger partial charge in [-0.05, 0) is 20.3 Å². The molecular weight excluding hydrogens is 246 g/mol. The zero-order valence-electron chi connectivity index (χ0n) is 12.4. The average Bonchev–Trinajstić information content (AvgIpc) is 2.88. The van der Waals surface area contributed by atoms with E-state index in [0.29, 0.717) is 6.61 Å². The van der Waals surface area contributed by atoms with Gasteiger partial charge in [-0.2, -0.15) is 0 Å². The molecule has 0 aromatic carbocycles. The Labute approximate surface area is 116 Å². The molecule has 1 heterocycles. The summed E-state index contributed by atoms with van der Waals surface area (Å²) in [5.41, 5.74) is -0.0988. The van der Waals surface area contributed by atoms with Crippen LogP contribution in [0.1, 0.15) is 20.3 Å². The minimum absolute atomic E-state index is 0.0988. The van der Waals surface area contributed by atoms with E-state index in [-0.39, 0.29) is 12.0 Å². The molecule has 1 aliphatic heterocycles. The summed E-state index contributed by atoms with van der Waals surface area (Å²) in [6.07, 6.45) is 0.934. The molecule has 5 nitrogen and oxygen atoms in total. The summed E-state index contributed by atoms with van der Waals surface area (Å²) in [4.78, 5) is 2.32. The average molecular weight is 275 g/mol. The molecule has 1 N–H and O–H groups in total. The Hall–Kier alpha value is -0.200. The van der Waals surface area contributed by atoms with Gasteiger partial charge in [0.2, 0.25) is 0 Å². The van der Waals surface area contributed by atoms with Gasteiger partial charge in [-0.25, -0.2) is 0 Å². The largest absolute Gasteiger partial charge is 0.396 e. The van der Waals surface area contributed by atoms with Gasteiger partial charge in [0.1, 0.15) is 0 Å². The number of aliphatic hydroxyl groups is 1. The Kier molecular flexibility index (Phi) is 8.57. The molecule has 0 aromatic rings. The number of rotatable bonds is 11. The van der Waals surface area contributed by atoms with Gasteiger partial charge in [0.05, 0.1) is 26.4 Å². The molecule has 114 valence electrons. The van der Waals surface area contributed by atoms with Crippen LogP contribution in [0, 0.1) is 5.41 Å². The molecule has 1 unspecified atom stereocenters. The zero-order chi connectivity index (χ0) is 14.0. The van der Waals surface area contributed by atoms with Crippen molar-refractivity contribution in [3.63, 3.8) is 0 Å². The van der Waals surface area contributed by atoms with Crippen LogP contribution in [0.5, 0.6) is 0 Å². The predicted molar refractivity (Wildman–Crippen MR) is 74.4 cm³/mol. The highest BCUT2D eigenvalue weighted by Gasteiger charge is 2.35. The van der Waals surface area contributed by atoms with E-state index in [0.717, 1.165) is 59.1 Å². The predicted octanol–water partition coefficient (Wildman–Crippen LogP) is 0.760. The summed E-state index contributed by atoms with van der Waals surface area (Å²) < 4.78 is 16.3. The fourth-order valence-electron chi connectivity index (χ4n) is 2.37. The van der Waals surface area contributed by atoms with E-state index in [2.05, 4.69) is 4.90 Å². The number of aliphatic hydroxyl groups excluding tert-OH is 1. The van der Waals surface area contributed by atoms with Crippen LogP contribution in [0.4, 0.5) is 0 Å². The molecule has 1 saturated heterocycles. The summed E-state index contributed by atoms with van der Waals surface area (Å²) in [6, 6.07) is 0. The van der Waals surface area contributed by atoms with Crippen LogP contribution in [0.15, 0.2) is 0 Å². The van der Waals surface area contributed by atoms with E-state index >= 15 is 0 Å². The Morgan fingerprint density at radius 3 is 2.21 bits per heavy atom. The first-order valence-electron chi connectivity index (χ1n) is 7.33. The van der Waals surface area contributed by atoms with Gasteiger partial charge in [0, 0.05) is 44.9 Å². The second-order valence-corrected chi connectivity index (χ2v) is 5.13. The zero-order valence-corrected chi connectivity index (χ0v) is 12.4. The monoisotopic (exact) mass is 275 g/mol. The fourth-order valence-corrected chi connectivity index (χ4v) is 2.37. The van der Waals surface area contributed by atoms with Crippen molar-refractivity contribution >= 4 is 0 Å². The van der Waals surface area contributed by atoms with Crippen LogP contribution in [-0.4, -0.2) is 75.9 Å². The molecule has 1 fully saturated rings. The standard InChI is InChI=1S/C14H29NO4/c1-3-17-9-6-15(7-10-18-4-2)11-14(12-16)5-8-19-13-14/h16H,3-13H2,1-2H3. The first-order valence-corrected chi connectivity index (χ1v) is 7.33. The van der Waals surface area contributed by atoms with Crippen molar-refractivity contribution in [1.82, 2.24) is 4.90 Å². The Morgan fingerprint density at radius 2 is 1.79 bits per heavy atom. The van der Waals surface area contributed by atoms with Crippen LogP contribution in [-0.2, 0) is 14.2 Å². The van der Waals surface area contributed by atoms with Gasteiger partial charge in [-0.1, -0.05) is 0 Å². The number of hydrogen-bond donors (Lipinski definition) is 1. The molecule has 5 heteroatoms. The maximum atomic E-state index is 9.64. The van der Waals surface area contributed by atoms with Crippen LogP contribution >= 0.6 is 0 Å². The summed E-state index contributed by atoms with van der Waals surface area (Å²) in [7, 11) is 0.